The average molecular weight is 519 g/mol. The summed E-state index contributed by atoms with van der Waals surface area (Å²) in [5.41, 5.74) is 1.35. The van der Waals surface area contributed by atoms with E-state index in [1.54, 1.807) is 4.90 Å². The van der Waals surface area contributed by atoms with E-state index in [-0.39, 0.29) is 17.4 Å². The van der Waals surface area contributed by atoms with E-state index in [2.05, 4.69) is 47.4 Å². The van der Waals surface area contributed by atoms with E-state index in [1.165, 1.54) is 18.7 Å². The van der Waals surface area contributed by atoms with Gasteiger partial charge in [0.1, 0.15) is 5.75 Å². The van der Waals surface area contributed by atoms with Crippen LogP contribution in [0.1, 0.15) is 27.0 Å². The van der Waals surface area contributed by atoms with Crippen molar-refractivity contribution < 1.29 is 22.7 Å². The van der Waals surface area contributed by atoms with Crippen molar-refractivity contribution in [3.8, 4) is 5.75 Å². The van der Waals surface area contributed by atoms with Gasteiger partial charge in [-0.3, -0.25) is 9.69 Å². The van der Waals surface area contributed by atoms with E-state index in [1.807, 2.05) is 30.3 Å². The summed E-state index contributed by atoms with van der Waals surface area (Å²) in [7, 11) is 1.30. The molecule has 5 rings (SSSR count). The van der Waals surface area contributed by atoms with Gasteiger partial charge in [-0.05, 0) is 46.5 Å². The van der Waals surface area contributed by atoms with Crippen molar-refractivity contribution in [2.45, 2.75) is 25.2 Å². The number of halogens is 3. The van der Waals surface area contributed by atoms with E-state index in [9.17, 15) is 18.0 Å². The van der Waals surface area contributed by atoms with E-state index >= 15 is 0 Å². The quantitative estimate of drug-likeness (QED) is 0.295. The van der Waals surface area contributed by atoms with Gasteiger partial charge in [-0.15, -0.1) is 0 Å². The molecule has 0 aliphatic carbocycles. The predicted octanol–water partition coefficient (Wildman–Crippen LogP) is 6.44. The number of fused-ring (bicyclic) bond motifs is 1. The SMILES string of the molecule is COc1cc(C(=O)N2CCN(Cc3ccccc3)C[C@H]2Cc2ccc3ccccc3c2)cc(C(F)(F)F)c1. The monoisotopic (exact) mass is 518 g/mol. The van der Waals surface area contributed by atoms with Crippen LogP contribution in [0.5, 0.6) is 5.75 Å². The van der Waals surface area contributed by atoms with E-state index in [0.717, 1.165) is 35.0 Å². The molecule has 1 heterocycles. The largest absolute Gasteiger partial charge is 0.497 e. The van der Waals surface area contributed by atoms with Crippen LogP contribution in [0.3, 0.4) is 0 Å². The Hall–Kier alpha value is -3.84. The third kappa shape index (κ3) is 5.83. The first-order valence-corrected chi connectivity index (χ1v) is 12.6. The van der Waals surface area contributed by atoms with Gasteiger partial charge in [0, 0.05) is 37.8 Å². The van der Waals surface area contributed by atoms with Crippen LogP contribution in [0.2, 0.25) is 0 Å². The molecule has 196 valence electrons. The summed E-state index contributed by atoms with van der Waals surface area (Å²) in [6.07, 6.45) is -3.99. The molecule has 4 aromatic rings. The molecule has 0 radical (unpaired) electrons. The fourth-order valence-electron chi connectivity index (χ4n) is 5.15. The smallest absolute Gasteiger partial charge is 0.416 e. The van der Waals surface area contributed by atoms with Crippen molar-refractivity contribution in [1.82, 2.24) is 9.80 Å². The molecule has 1 aliphatic rings. The molecular weight excluding hydrogens is 489 g/mol. The topological polar surface area (TPSA) is 32.8 Å². The first kappa shape index (κ1) is 25.8. The lowest BCUT2D eigenvalue weighted by Gasteiger charge is -2.42. The fraction of sp³-hybridized carbons (Fsp3) is 0.258. The number of nitrogens with zero attached hydrogens (tertiary/aromatic N) is 2. The summed E-state index contributed by atoms with van der Waals surface area (Å²) in [4.78, 5) is 17.7. The normalized spacial score (nSPS) is 16.5. The van der Waals surface area contributed by atoms with Crippen LogP contribution in [0, 0.1) is 0 Å². The minimum absolute atomic E-state index is 0.0111. The molecule has 0 N–H and O–H groups in total. The summed E-state index contributed by atoms with van der Waals surface area (Å²) in [5, 5.41) is 2.25. The number of rotatable bonds is 6. The Balaban J connectivity index is 1.45. The molecule has 0 bridgehead atoms. The lowest BCUT2D eigenvalue weighted by molar-refractivity contribution is -0.137. The molecule has 1 atom stereocenters. The van der Waals surface area contributed by atoms with Crippen molar-refractivity contribution in [2.75, 3.05) is 26.7 Å². The molecule has 1 aliphatic heterocycles. The highest BCUT2D eigenvalue weighted by molar-refractivity contribution is 5.95. The number of amides is 1. The lowest BCUT2D eigenvalue weighted by atomic mass is 9.98. The van der Waals surface area contributed by atoms with Gasteiger partial charge >= 0.3 is 6.18 Å². The van der Waals surface area contributed by atoms with Crippen molar-refractivity contribution in [2.24, 2.45) is 0 Å². The first-order chi connectivity index (χ1) is 18.3. The summed E-state index contributed by atoms with van der Waals surface area (Å²) in [6, 6.07) is 27.5. The average Bonchev–Trinajstić information content (AvgIpc) is 2.92. The van der Waals surface area contributed by atoms with E-state index in [0.29, 0.717) is 26.1 Å². The maximum absolute atomic E-state index is 13.7. The zero-order chi connectivity index (χ0) is 26.7. The molecule has 0 saturated carbocycles. The fourth-order valence-corrected chi connectivity index (χ4v) is 5.15. The van der Waals surface area contributed by atoms with Crippen molar-refractivity contribution >= 4 is 16.7 Å². The first-order valence-electron chi connectivity index (χ1n) is 12.6. The Bertz CT molecular complexity index is 1420. The Morgan fingerprint density at radius 1 is 0.868 bits per heavy atom. The number of ether oxygens (including phenoxy) is 1. The molecule has 4 aromatic carbocycles. The molecule has 0 spiro atoms. The van der Waals surface area contributed by atoms with Gasteiger partial charge < -0.3 is 9.64 Å². The van der Waals surface area contributed by atoms with Crippen molar-refractivity contribution in [1.29, 1.82) is 0 Å². The number of piperazine rings is 1. The number of methoxy groups -OCH3 is 1. The number of alkyl halides is 3. The summed E-state index contributed by atoms with van der Waals surface area (Å²) >= 11 is 0. The zero-order valence-electron chi connectivity index (χ0n) is 21.1. The van der Waals surface area contributed by atoms with Crippen LogP contribution in [0.15, 0.2) is 91.0 Å². The van der Waals surface area contributed by atoms with Crippen molar-refractivity contribution in [3.63, 3.8) is 0 Å². The van der Waals surface area contributed by atoms with Crippen LogP contribution in [-0.2, 0) is 19.1 Å². The Labute approximate surface area is 220 Å². The number of carbonyl (C=O) groups is 1. The van der Waals surface area contributed by atoms with Crippen LogP contribution >= 0.6 is 0 Å². The van der Waals surface area contributed by atoms with Gasteiger partial charge in [-0.1, -0.05) is 72.8 Å². The highest BCUT2D eigenvalue weighted by Crippen LogP contribution is 2.33. The molecule has 4 nitrogen and oxygen atoms in total. The number of hydrogen-bond donors (Lipinski definition) is 0. The third-order valence-electron chi connectivity index (χ3n) is 7.08. The predicted molar refractivity (Wildman–Crippen MR) is 142 cm³/mol. The maximum atomic E-state index is 13.7. The Morgan fingerprint density at radius 3 is 2.34 bits per heavy atom. The molecular formula is C31H29F3N2O2. The molecule has 1 saturated heterocycles. The highest BCUT2D eigenvalue weighted by atomic mass is 19.4. The second-order valence-corrected chi connectivity index (χ2v) is 9.71. The number of hydrogen-bond acceptors (Lipinski definition) is 3. The molecule has 1 fully saturated rings. The third-order valence-corrected chi connectivity index (χ3v) is 7.08. The summed E-state index contributed by atoms with van der Waals surface area (Å²) in [5.74, 6) is -0.406. The summed E-state index contributed by atoms with van der Waals surface area (Å²) < 4.78 is 45.8. The molecule has 38 heavy (non-hydrogen) atoms. The molecule has 1 amide bonds. The molecule has 0 aromatic heterocycles. The van der Waals surface area contributed by atoms with Gasteiger partial charge in [0.15, 0.2) is 0 Å². The Kier molecular flexibility index (Phi) is 7.38. The lowest BCUT2D eigenvalue weighted by Crippen LogP contribution is -2.55. The van der Waals surface area contributed by atoms with E-state index < -0.39 is 17.6 Å². The van der Waals surface area contributed by atoms with Crippen LogP contribution < -0.4 is 4.74 Å². The number of benzene rings is 4. The number of carbonyl (C=O) groups excluding carboxylic acids is 1. The molecule has 7 heteroatoms. The van der Waals surface area contributed by atoms with Gasteiger partial charge in [0.2, 0.25) is 0 Å². The minimum Gasteiger partial charge on any atom is -0.497 e. The zero-order valence-corrected chi connectivity index (χ0v) is 21.1. The Morgan fingerprint density at radius 2 is 1.61 bits per heavy atom. The standard InChI is InChI=1S/C31H29F3N2O2/c1-38-29-18-26(17-27(19-29)31(32,33)34)30(37)36-14-13-35(20-22-7-3-2-4-8-22)21-28(36)16-23-11-12-24-9-5-6-10-25(24)15-23/h2-12,15,17-19,28H,13-14,16,20-21H2,1H3/t28-/m1/s1. The van der Waals surface area contributed by atoms with Crippen LogP contribution in [0.25, 0.3) is 10.8 Å². The van der Waals surface area contributed by atoms with Gasteiger partial charge in [-0.25, -0.2) is 0 Å². The van der Waals surface area contributed by atoms with Crippen LogP contribution in [0.4, 0.5) is 13.2 Å². The maximum Gasteiger partial charge on any atom is 0.416 e. The van der Waals surface area contributed by atoms with Crippen molar-refractivity contribution in [3.05, 3.63) is 113 Å². The van der Waals surface area contributed by atoms with E-state index in [4.69, 9.17) is 4.74 Å². The van der Waals surface area contributed by atoms with Gasteiger partial charge in [0.25, 0.3) is 5.91 Å². The second kappa shape index (κ2) is 10.9. The second-order valence-electron chi connectivity index (χ2n) is 9.71. The highest BCUT2D eigenvalue weighted by Gasteiger charge is 2.35. The summed E-state index contributed by atoms with van der Waals surface area (Å²) in [6.45, 7) is 2.41. The van der Waals surface area contributed by atoms with Gasteiger partial charge in [0.05, 0.1) is 12.7 Å². The minimum atomic E-state index is -4.58. The van der Waals surface area contributed by atoms with Crippen LogP contribution in [-0.4, -0.2) is 48.5 Å². The van der Waals surface area contributed by atoms with Gasteiger partial charge in [-0.2, -0.15) is 13.2 Å². The molecule has 0 unspecified atom stereocenters.